The third-order valence-corrected chi connectivity index (χ3v) is 6.96. The molecule has 0 amide bonds. The molecule has 9 nitrogen and oxygen atoms in total. The van der Waals surface area contributed by atoms with Gasteiger partial charge in [0.1, 0.15) is 5.75 Å². The van der Waals surface area contributed by atoms with E-state index >= 15 is 0 Å². The Hall–Kier alpha value is -3.72. The minimum atomic E-state index is -0.371. The normalized spacial score (nSPS) is 18.6. The summed E-state index contributed by atoms with van der Waals surface area (Å²) >= 11 is 0. The van der Waals surface area contributed by atoms with Crippen molar-refractivity contribution in [3.8, 4) is 5.75 Å². The molecule has 4 heterocycles. The number of benzene rings is 1. The van der Waals surface area contributed by atoms with Crippen LogP contribution in [0.3, 0.4) is 0 Å². The molecule has 0 bridgehead atoms. The average molecular weight is 475 g/mol. The molecule has 0 aliphatic carbocycles. The van der Waals surface area contributed by atoms with Gasteiger partial charge in [0.25, 0.3) is 0 Å². The van der Waals surface area contributed by atoms with Crippen LogP contribution in [0, 0.1) is 0 Å². The molecule has 184 valence electrons. The van der Waals surface area contributed by atoms with Crippen LogP contribution in [0.2, 0.25) is 0 Å². The number of nitrogens with two attached hydrogens (primary N) is 1. The minimum absolute atomic E-state index is 0.371. The van der Waals surface area contributed by atoms with Gasteiger partial charge in [0.05, 0.1) is 40.9 Å². The Morgan fingerprint density at radius 1 is 1.23 bits per heavy atom. The Balaban J connectivity index is 1.37. The predicted molar refractivity (Wildman–Crippen MR) is 143 cm³/mol. The summed E-state index contributed by atoms with van der Waals surface area (Å²) in [5, 5.41) is 6.71. The first-order valence-electron chi connectivity index (χ1n) is 12.0. The van der Waals surface area contributed by atoms with Gasteiger partial charge in [0.2, 0.25) is 0 Å². The largest absolute Gasteiger partial charge is 0.495 e. The Labute approximate surface area is 206 Å². The zero-order valence-electron chi connectivity index (χ0n) is 20.8. The van der Waals surface area contributed by atoms with E-state index in [0.29, 0.717) is 6.04 Å². The van der Waals surface area contributed by atoms with Gasteiger partial charge in [-0.2, -0.15) is 0 Å². The second kappa shape index (κ2) is 9.50. The number of methoxy groups -OCH3 is 1. The zero-order chi connectivity index (χ0) is 24.5. The molecule has 3 aromatic rings. The molecule has 0 saturated carbocycles. The van der Waals surface area contributed by atoms with E-state index in [2.05, 4.69) is 56.3 Å². The molecule has 1 aromatic carbocycles. The fourth-order valence-corrected chi connectivity index (χ4v) is 4.98. The van der Waals surface area contributed by atoms with Gasteiger partial charge in [0, 0.05) is 56.4 Å². The molecule has 1 fully saturated rings. The number of aryl methyl sites for hydroxylation is 1. The lowest BCUT2D eigenvalue weighted by molar-refractivity contribution is 0.249. The van der Waals surface area contributed by atoms with E-state index in [-0.39, 0.29) is 6.29 Å². The molecule has 0 spiro atoms. The Bertz CT molecular complexity index is 1270. The zero-order valence-corrected chi connectivity index (χ0v) is 20.8. The van der Waals surface area contributed by atoms with Crippen molar-refractivity contribution in [3.05, 3.63) is 54.5 Å². The number of fused-ring (bicyclic) bond motifs is 1. The van der Waals surface area contributed by atoms with Crippen LogP contribution in [-0.2, 0) is 7.05 Å². The van der Waals surface area contributed by atoms with Crippen LogP contribution in [0.25, 0.3) is 11.0 Å². The van der Waals surface area contributed by atoms with E-state index in [4.69, 9.17) is 15.5 Å². The first-order valence-corrected chi connectivity index (χ1v) is 12.0. The SMILES string of the molecule is COc1cc(N2CCC(N(C)C)CC2)c(N)cc1NC1N=C(c2cn(C)c3cccnc23)C=CN1. The fourth-order valence-electron chi connectivity index (χ4n) is 4.98. The maximum absolute atomic E-state index is 6.53. The highest BCUT2D eigenvalue weighted by Gasteiger charge is 2.24. The molecule has 9 heteroatoms. The van der Waals surface area contributed by atoms with E-state index in [1.165, 1.54) is 0 Å². The van der Waals surface area contributed by atoms with Crippen molar-refractivity contribution in [1.29, 1.82) is 0 Å². The highest BCUT2D eigenvalue weighted by atomic mass is 16.5. The van der Waals surface area contributed by atoms with E-state index in [9.17, 15) is 0 Å². The second-order valence-electron chi connectivity index (χ2n) is 9.38. The van der Waals surface area contributed by atoms with Gasteiger partial charge in [-0.25, -0.2) is 4.99 Å². The van der Waals surface area contributed by atoms with Crippen LogP contribution < -0.4 is 26.0 Å². The van der Waals surface area contributed by atoms with Crippen molar-refractivity contribution in [3.63, 3.8) is 0 Å². The quantitative estimate of drug-likeness (QED) is 0.473. The van der Waals surface area contributed by atoms with Gasteiger partial charge >= 0.3 is 0 Å². The highest BCUT2D eigenvalue weighted by molar-refractivity contribution is 6.15. The Kier molecular flexibility index (Phi) is 6.25. The first-order chi connectivity index (χ1) is 16.9. The van der Waals surface area contributed by atoms with E-state index in [1.54, 1.807) is 7.11 Å². The first kappa shape index (κ1) is 23.0. The molecule has 35 heavy (non-hydrogen) atoms. The van der Waals surface area contributed by atoms with Crippen LogP contribution in [0.1, 0.15) is 18.4 Å². The molecule has 2 aliphatic rings. The monoisotopic (exact) mass is 474 g/mol. The molecule has 1 saturated heterocycles. The number of aromatic nitrogens is 2. The number of nitrogen functional groups attached to an aromatic ring is 1. The number of ether oxygens (including phenoxy) is 1. The van der Waals surface area contributed by atoms with Crippen LogP contribution >= 0.6 is 0 Å². The molecular formula is C26H34N8O. The Morgan fingerprint density at radius 2 is 2.03 bits per heavy atom. The van der Waals surface area contributed by atoms with Crippen LogP contribution in [0.4, 0.5) is 17.1 Å². The van der Waals surface area contributed by atoms with Crippen molar-refractivity contribution in [2.45, 2.75) is 25.2 Å². The standard InChI is InChI=1S/C26H34N8O/c1-32(2)17-8-12-34(13-9-17)23-15-24(35-4)21(14-19(23)27)31-26-29-11-7-20(30-26)18-16-33(3)22-6-5-10-28-25(18)22/h5-7,10-11,14-17,26,29,31H,8-9,12-13,27H2,1-4H3. The molecule has 1 unspecified atom stereocenters. The van der Waals surface area contributed by atoms with Gasteiger partial charge in [-0.05, 0) is 51.2 Å². The summed E-state index contributed by atoms with van der Waals surface area (Å²) in [6.07, 6.45) is 9.61. The fraction of sp³-hybridized carbons (Fsp3) is 0.385. The lowest BCUT2D eigenvalue weighted by Crippen LogP contribution is -2.42. The summed E-state index contributed by atoms with van der Waals surface area (Å²) in [5.41, 5.74) is 12.9. The summed E-state index contributed by atoms with van der Waals surface area (Å²) in [7, 11) is 8.00. The molecule has 5 rings (SSSR count). The van der Waals surface area contributed by atoms with Crippen LogP contribution in [-0.4, -0.2) is 66.8 Å². The third kappa shape index (κ3) is 4.51. The summed E-state index contributed by atoms with van der Waals surface area (Å²) in [4.78, 5) is 14.1. The maximum atomic E-state index is 6.53. The van der Waals surface area contributed by atoms with Crippen molar-refractivity contribution in [2.75, 3.05) is 50.2 Å². The number of aliphatic imine (C=N–C) groups is 1. The van der Waals surface area contributed by atoms with Crippen molar-refractivity contribution in [2.24, 2.45) is 12.0 Å². The van der Waals surface area contributed by atoms with E-state index in [1.807, 2.05) is 43.7 Å². The van der Waals surface area contributed by atoms with Crippen molar-refractivity contribution >= 4 is 33.8 Å². The summed E-state index contributed by atoms with van der Waals surface area (Å²) in [6.45, 7) is 1.95. The Morgan fingerprint density at radius 3 is 2.77 bits per heavy atom. The lowest BCUT2D eigenvalue weighted by atomic mass is 10.0. The predicted octanol–water partition coefficient (Wildman–Crippen LogP) is 3.00. The van der Waals surface area contributed by atoms with Crippen molar-refractivity contribution in [1.82, 2.24) is 19.8 Å². The summed E-state index contributed by atoms with van der Waals surface area (Å²) in [6, 6.07) is 8.60. The number of hydrogen-bond acceptors (Lipinski definition) is 8. The number of nitrogens with zero attached hydrogens (tertiary/aromatic N) is 5. The number of rotatable bonds is 6. The van der Waals surface area contributed by atoms with E-state index in [0.717, 1.165) is 71.1 Å². The molecular weight excluding hydrogens is 440 g/mol. The topological polar surface area (TPSA) is 96.0 Å². The second-order valence-corrected chi connectivity index (χ2v) is 9.38. The minimum Gasteiger partial charge on any atom is -0.495 e. The molecule has 2 aliphatic heterocycles. The van der Waals surface area contributed by atoms with Gasteiger partial charge < -0.3 is 35.5 Å². The number of nitrogens with one attached hydrogen (secondary N) is 2. The maximum Gasteiger partial charge on any atom is 0.194 e. The van der Waals surface area contributed by atoms with Crippen molar-refractivity contribution < 1.29 is 4.74 Å². The number of hydrogen-bond donors (Lipinski definition) is 3. The average Bonchev–Trinajstić information content (AvgIpc) is 3.21. The molecule has 2 aromatic heterocycles. The molecule has 4 N–H and O–H groups in total. The highest BCUT2D eigenvalue weighted by Crippen LogP contribution is 2.37. The number of allylic oxidation sites excluding steroid dienone is 1. The molecule has 0 radical (unpaired) electrons. The van der Waals surface area contributed by atoms with Crippen LogP contribution in [0.15, 0.2) is 53.9 Å². The number of piperidine rings is 1. The van der Waals surface area contributed by atoms with Crippen LogP contribution in [0.5, 0.6) is 5.75 Å². The summed E-state index contributed by atoms with van der Waals surface area (Å²) < 4.78 is 7.82. The summed E-state index contributed by atoms with van der Waals surface area (Å²) in [5.74, 6) is 0.740. The van der Waals surface area contributed by atoms with Gasteiger partial charge in [0.15, 0.2) is 6.29 Å². The third-order valence-electron chi connectivity index (χ3n) is 6.96. The molecule has 1 atom stereocenters. The number of anilines is 3. The van der Waals surface area contributed by atoms with E-state index < -0.39 is 0 Å². The van der Waals surface area contributed by atoms with Gasteiger partial charge in [-0.15, -0.1) is 0 Å². The lowest BCUT2D eigenvalue weighted by Gasteiger charge is -2.37. The number of pyridine rings is 1. The van der Waals surface area contributed by atoms with Gasteiger partial charge in [-0.3, -0.25) is 4.98 Å². The van der Waals surface area contributed by atoms with Gasteiger partial charge in [-0.1, -0.05) is 0 Å². The smallest absolute Gasteiger partial charge is 0.194 e.